The molecule has 1 heterocycles. The molecule has 0 aliphatic heterocycles. The van der Waals surface area contributed by atoms with E-state index in [1.807, 2.05) is 5.38 Å². The molecule has 1 aromatic heterocycles. The molecule has 0 bridgehead atoms. The number of urea groups is 1. The molecule has 1 saturated carbocycles. The monoisotopic (exact) mass is 283 g/mol. The number of carboxylic acid groups (broad SMARTS) is 1. The summed E-state index contributed by atoms with van der Waals surface area (Å²) in [7, 11) is 1.63. The lowest BCUT2D eigenvalue weighted by atomic mass is 9.96. The van der Waals surface area contributed by atoms with Crippen molar-refractivity contribution in [1.29, 1.82) is 0 Å². The van der Waals surface area contributed by atoms with E-state index in [1.165, 1.54) is 16.2 Å². The topological polar surface area (TPSA) is 82.5 Å². The van der Waals surface area contributed by atoms with Gasteiger partial charge in [-0.25, -0.2) is 14.6 Å². The zero-order valence-electron chi connectivity index (χ0n) is 10.9. The van der Waals surface area contributed by atoms with Gasteiger partial charge in [-0.15, -0.1) is 11.3 Å². The van der Waals surface area contributed by atoms with Crippen LogP contribution in [-0.4, -0.2) is 39.6 Å². The first-order valence-electron chi connectivity index (χ1n) is 6.07. The number of carbonyl (C=O) groups is 2. The van der Waals surface area contributed by atoms with E-state index in [-0.39, 0.29) is 11.9 Å². The number of rotatable bonds is 5. The number of hydrogen-bond donors (Lipinski definition) is 2. The summed E-state index contributed by atoms with van der Waals surface area (Å²) in [4.78, 5) is 28.9. The van der Waals surface area contributed by atoms with Gasteiger partial charge in [0.05, 0.1) is 17.7 Å². The average Bonchev–Trinajstić information content (AvgIpc) is 3.09. The number of nitrogens with zero attached hydrogens (tertiary/aromatic N) is 2. The Morgan fingerprint density at radius 1 is 1.63 bits per heavy atom. The van der Waals surface area contributed by atoms with Gasteiger partial charge >= 0.3 is 12.0 Å². The van der Waals surface area contributed by atoms with Crippen molar-refractivity contribution in [3.05, 3.63) is 16.6 Å². The van der Waals surface area contributed by atoms with E-state index in [9.17, 15) is 14.7 Å². The minimum atomic E-state index is -1.17. The molecule has 104 valence electrons. The van der Waals surface area contributed by atoms with Gasteiger partial charge in [-0.05, 0) is 25.7 Å². The van der Waals surface area contributed by atoms with Gasteiger partial charge in [0.2, 0.25) is 0 Å². The summed E-state index contributed by atoms with van der Waals surface area (Å²) in [6.45, 7) is 1.94. The van der Waals surface area contributed by atoms with Crippen LogP contribution in [0.1, 0.15) is 25.5 Å². The minimum Gasteiger partial charge on any atom is -0.480 e. The van der Waals surface area contributed by atoms with Crippen LogP contribution in [0.4, 0.5) is 4.79 Å². The molecule has 2 rings (SSSR count). The van der Waals surface area contributed by atoms with Crippen LogP contribution < -0.4 is 5.32 Å². The molecule has 6 nitrogen and oxygen atoms in total. The molecule has 2 amide bonds. The Bertz CT molecular complexity index is 473. The zero-order chi connectivity index (χ0) is 14.0. The first-order valence-corrected chi connectivity index (χ1v) is 7.01. The summed E-state index contributed by atoms with van der Waals surface area (Å²) in [5, 5.41) is 13.8. The SMILES string of the molecule is CN(Cc1cscn1)C(=O)NC(C)(C(=O)O)C1CC1. The summed E-state index contributed by atoms with van der Waals surface area (Å²) in [5.41, 5.74) is 1.33. The number of thiazole rings is 1. The first-order chi connectivity index (χ1) is 8.93. The van der Waals surface area contributed by atoms with Crippen molar-refractivity contribution in [2.45, 2.75) is 31.8 Å². The largest absolute Gasteiger partial charge is 0.480 e. The van der Waals surface area contributed by atoms with Gasteiger partial charge < -0.3 is 15.3 Å². The Morgan fingerprint density at radius 2 is 2.32 bits per heavy atom. The summed E-state index contributed by atoms with van der Waals surface area (Å²) in [6.07, 6.45) is 1.69. The van der Waals surface area contributed by atoms with Crippen LogP contribution in [0.15, 0.2) is 10.9 Å². The van der Waals surface area contributed by atoms with E-state index in [4.69, 9.17) is 0 Å². The molecule has 0 saturated heterocycles. The van der Waals surface area contributed by atoms with Crippen molar-refractivity contribution in [2.75, 3.05) is 7.05 Å². The summed E-state index contributed by atoms with van der Waals surface area (Å²) < 4.78 is 0. The van der Waals surface area contributed by atoms with Crippen molar-refractivity contribution in [2.24, 2.45) is 5.92 Å². The van der Waals surface area contributed by atoms with Gasteiger partial charge in [-0.1, -0.05) is 0 Å². The molecule has 1 atom stereocenters. The Balaban J connectivity index is 1.97. The second kappa shape index (κ2) is 5.16. The molecular weight excluding hydrogens is 266 g/mol. The van der Waals surface area contributed by atoms with E-state index < -0.39 is 11.5 Å². The third kappa shape index (κ3) is 3.04. The van der Waals surface area contributed by atoms with Gasteiger partial charge in [0.1, 0.15) is 5.54 Å². The quantitative estimate of drug-likeness (QED) is 0.858. The lowest BCUT2D eigenvalue weighted by molar-refractivity contribution is -0.144. The van der Waals surface area contributed by atoms with Gasteiger partial charge in [-0.2, -0.15) is 0 Å². The van der Waals surface area contributed by atoms with Gasteiger partial charge in [-0.3, -0.25) is 0 Å². The van der Waals surface area contributed by atoms with Crippen LogP contribution in [0.3, 0.4) is 0 Å². The number of aliphatic carboxylic acids is 1. The molecule has 0 radical (unpaired) electrons. The van der Waals surface area contributed by atoms with Crippen LogP contribution >= 0.6 is 11.3 Å². The number of carboxylic acids is 1. The van der Waals surface area contributed by atoms with Crippen molar-refractivity contribution < 1.29 is 14.7 Å². The van der Waals surface area contributed by atoms with Crippen LogP contribution in [0.2, 0.25) is 0 Å². The van der Waals surface area contributed by atoms with Crippen LogP contribution in [0.25, 0.3) is 0 Å². The highest BCUT2D eigenvalue weighted by Gasteiger charge is 2.48. The fourth-order valence-corrected chi connectivity index (χ4v) is 2.49. The summed E-state index contributed by atoms with van der Waals surface area (Å²) in [6, 6.07) is -0.384. The predicted octanol–water partition coefficient (Wildman–Crippen LogP) is 1.54. The molecule has 19 heavy (non-hydrogen) atoms. The molecule has 1 fully saturated rings. The number of aromatic nitrogens is 1. The summed E-state index contributed by atoms with van der Waals surface area (Å²) >= 11 is 1.46. The molecule has 1 aromatic rings. The Labute approximate surface area is 115 Å². The highest BCUT2D eigenvalue weighted by molar-refractivity contribution is 7.07. The average molecular weight is 283 g/mol. The second-order valence-corrected chi connectivity index (χ2v) is 5.77. The maximum Gasteiger partial charge on any atom is 0.329 e. The Kier molecular flexibility index (Phi) is 3.75. The lowest BCUT2D eigenvalue weighted by Gasteiger charge is -2.29. The molecule has 1 aliphatic carbocycles. The summed E-state index contributed by atoms with van der Waals surface area (Å²) in [5.74, 6) is -0.952. The fraction of sp³-hybridized carbons (Fsp3) is 0.583. The second-order valence-electron chi connectivity index (χ2n) is 5.05. The van der Waals surface area contributed by atoms with E-state index in [0.717, 1.165) is 18.5 Å². The molecule has 1 unspecified atom stereocenters. The third-order valence-electron chi connectivity index (χ3n) is 3.43. The highest BCUT2D eigenvalue weighted by atomic mass is 32.1. The standard InChI is InChI=1S/C12H17N3O3S/c1-12(10(16)17,8-3-4-8)14-11(18)15(2)5-9-6-19-7-13-9/h6-8H,3-5H2,1-2H3,(H,14,18)(H,16,17). The lowest BCUT2D eigenvalue weighted by Crippen LogP contribution is -2.56. The van der Waals surface area contributed by atoms with Gasteiger partial charge in [0.25, 0.3) is 0 Å². The molecule has 1 aliphatic rings. The van der Waals surface area contributed by atoms with E-state index in [1.54, 1.807) is 19.5 Å². The Morgan fingerprint density at radius 3 is 2.79 bits per heavy atom. The first kappa shape index (κ1) is 13.8. The van der Waals surface area contributed by atoms with E-state index in [0.29, 0.717) is 6.54 Å². The highest BCUT2D eigenvalue weighted by Crippen LogP contribution is 2.39. The zero-order valence-corrected chi connectivity index (χ0v) is 11.7. The predicted molar refractivity (Wildman–Crippen MR) is 70.9 cm³/mol. The Hall–Kier alpha value is -1.63. The number of amides is 2. The van der Waals surface area contributed by atoms with Crippen molar-refractivity contribution >= 4 is 23.3 Å². The van der Waals surface area contributed by atoms with Crippen molar-refractivity contribution in [3.8, 4) is 0 Å². The minimum absolute atomic E-state index is 0.0293. The third-order valence-corrected chi connectivity index (χ3v) is 4.07. The maximum absolute atomic E-state index is 12.0. The molecule has 7 heteroatoms. The molecule has 0 spiro atoms. The van der Waals surface area contributed by atoms with Crippen molar-refractivity contribution in [3.63, 3.8) is 0 Å². The van der Waals surface area contributed by atoms with Crippen LogP contribution in [-0.2, 0) is 11.3 Å². The molecular formula is C12H17N3O3S. The van der Waals surface area contributed by atoms with E-state index in [2.05, 4.69) is 10.3 Å². The molecule has 0 aromatic carbocycles. The van der Waals surface area contributed by atoms with Gasteiger partial charge in [0, 0.05) is 12.4 Å². The maximum atomic E-state index is 12.0. The fourth-order valence-electron chi connectivity index (χ4n) is 1.94. The van der Waals surface area contributed by atoms with E-state index >= 15 is 0 Å². The number of hydrogen-bond acceptors (Lipinski definition) is 4. The van der Waals surface area contributed by atoms with Crippen molar-refractivity contribution in [1.82, 2.24) is 15.2 Å². The van der Waals surface area contributed by atoms with Gasteiger partial charge in [0.15, 0.2) is 0 Å². The smallest absolute Gasteiger partial charge is 0.329 e. The number of nitrogens with one attached hydrogen (secondary N) is 1. The normalized spacial score (nSPS) is 17.6. The molecule has 2 N–H and O–H groups in total. The van der Waals surface area contributed by atoms with Crippen LogP contribution in [0.5, 0.6) is 0 Å². The number of carbonyl (C=O) groups excluding carboxylic acids is 1. The van der Waals surface area contributed by atoms with Crippen LogP contribution in [0, 0.1) is 5.92 Å².